The Labute approximate surface area is 137 Å². The Morgan fingerprint density at radius 3 is 2.38 bits per heavy atom. The fourth-order valence-electron chi connectivity index (χ4n) is 2.75. The average molecular weight is 345 g/mol. The monoisotopic (exact) mass is 345 g/mol. The Kier molecular flexibility index (Phi) is 5.22. The van der Waals surface area contributed by atoms with Gasteiger partial charge in [-0.15, -0.1) is 0 Å². The largest absolute Gasteiger partial charge is 0.479 e. The standard InChI is InChI=1S/C15H21F2N3O4/c1-9(2)8-20-11(12(16)17)10(7-18-20)13(21)19-5-3-15(24,4-6-19)14(22)23/h7,9,12,24H,3-6,8H2,1-2H3,(H,22,23). The molecular formula is C15H21F2N3O4. The maximum atomic E-state index is 13.4. The first-order valence-electron chi connectivity index (χ1n) is 7.74. The minimum absolute atomic E-state index is 0.0142. The second kappa shape index (κ2) is 6.84. The average Bonchev–Trinajstić information content (AvgIpc) is 2.90. The van der Waals surface area contributed by atoms with Crippen molar-refractivity contribution in [3.63, 3.8) is 0 Å². The van der Waals surface area contributed by atoms with Crippen LogP contribution in [-0.4, -0.2) is 55.5 Å². The number of piperidine rings is 1. The van der Waals surface area contributed by atoms with Gasteiger partial charge in [-0.3, -0.25) is 9.48 Å². The minimum Gasteiger partial charge on any atom is -0.479 e. The summed E-state index contributed by atoms with van der Waals surface area (Å²) in [5, 5.41) is 22.8. The summed E-state index contributed by atoms with van der Waals surface area (Å²) in [4.78, 5) is 24.8. The summed E-state index contributed by atoms with van der Waals surface area (Å²) in [5.74, 6) is -1.87. The first-order valence-corrected chi connectivity index (χ1v) is 7.74. The van der Waals surface area contributed by atoms with Crippen LogP contribution in [0.5, 0.6) is 0 Å². The lowest BCUT2D eigenvalue weighted by Crippen LogP contribution is -2.50. The molecule has 0 aromatic carbocycles. The lowest BCUT2D eigenvalue weighted by Gasteiger charge is -2.35. The third kappa shape index (κ3) is 3.55. The highest BCUT2D eigenvalue weighted by Gasteiger charge is 2.41. The highest BCUT2D eigenvalue weighted by Crippen LogP contribution is 2.28. The van der Waals surface area contributed by atoms with Gasteiger partial charge in [-0.05, 0) is 5.92 Å². The fourth-order valence-corrected chi connectivity index (χ4v) is 2.75. The summed E-state index contributed by atoms with van der Waals surface area (Å²) in [6.45, 7) is 3.96. The second-order valence-electron chi connectivity index (χ2n) is 6.45. The molecule has 1 amide bonds. The lowest BCUT2D eigenvalue weighted by molar-refractivity contribution is -0.162. The number of carboxylic acids is 1. The molecule has 0 unspecified atom stereocenters. The predicted octanol–water partition coefficient (Wildman–Crippen LogP) is 1.53. The van der Waals surface area contributed by atoms with Crippen LogP contribution in [0.25, 0.3) is 0 Å². The molecule has 0 atom stereocenters. The molecule has 1 aliphatic rings. The van der Waals surface area contributed by atoms with E-state index in [0.29, 0.717) is 0 Å². The van der Waals surface area contributed by atoms with Gasteiger partial charge in [0.25, 0.3) is 12.3 Å². The zero-order valence-corrected chi connectivity index (χ0v) is 13.6. The molecule has 24 heavy (non-hydrogen) atoms. The van der Waals surface area contributed by atoms with E-state index in [-0.39, 0.29) is 44.0 Å². The smallest absolute Gasteiger partial charge is 0.335 e. The Morgan fingerprint density at radius 2 is 1.92 bits per heavy atom. The van der Waals surface area contributed by atoms with Crippen molar-refractivity contribution in [1.82, 2.24) is 14.7 Å². The van der Waals surface area contributed by atoms with E-state index in [1.54, 1.807) is 0 Å². The van der Waals surface area contributed by atoms with E-state index in [4.69, 9.17) is 5.11 Å². The Balaban J connectivity index is 2.19. The molecule has 1 fully saturated rings. The van der Waals surface area contributed by atoms with Crippen LogP contribution in [0.4, 0.5) is 8.78 Å². The number of carboxylic acid groups (broad SMARTS) is 1. The van der Waals surface area contributed by atoms with Crippen molar-refractivity contribution >= 4 is 11.9 Å². The highest BCUT2D eigenvalue weighted by atomic mass is 19.3. The quantitative estimate of drug-likeness (QED) is 0.844. The molecular weight excluding hydrogens is 324 g/mol. The maximum absolute atomic E-state index is 13.4. The van der Waals surface area contributed by atoms with Crippen LogP contribution in [0.3, 0.4) is 0 Å². The van der Waals surface area contributed by atoms with Gasteiger partial charge in [0, 0.05) is 32.5 Å². The van der Waals surface area contributed by atoms with E-state index in [0.717, 1.165) is 10.9 Å². The molecule has 1 aromatic heterocycles. The van der Waals surface area contributed by atoms with E-state index in [2.05, 4.69) is 5.10 Å². The van der Waals surface area contributed by atoms with Crippen LogP contribution in [-0.2, 0) is 11.3 Å². The van der Waals surface area contributed by atoms with Gasteiger partial charge in [0.15, 0.2) is 5.60 Å². The normalized spacial score (nSPS) is 17.5. The first-order chi connectivity index (χ1) is 11.2. The van der Waals surface area contributed by atoms with Gasteiger partial charge >= 0.3 is 5.97 Å². The molecule has 0 saturated carbocycles. The van der Waals surface area contributed by atoms with E-state index in [1.807, 2.05) is 13.8 Å². The van der Waals surface area contributed by atoms with Gasteiger partial charge in [0.2, 0.25) is 0 Å². The van der Waals surface area contributed by atoms with Crippen LogP contribution >= 0.6 is 0 Å². The third-order valence-electron chi connectivity index (χ3n) is 4.13. The van der Waals surface area contributed by atoms with Gasteiger partial charge in [-0.1, -0.05) is 13.8 Å². The van der Waals surface area contributed by atoms with Gasteiger partial charge in [0.05, 0.1) is 11.8 Å². The van der Waals surface area contributed by atoms with Crippen LogP contribution < -0.4 is 0 Å². The predicted molar refractivity (Wildman–Crippen MR) is 79.7 cm³/mol. The number of aliphatic hydroxyl groups is 1. The summed E-state index contributed by atoms with van der Waals surface area (Å²) in [6.07, 6.45) is -1.99. The molecule has 9 heteroatoms. The molecule has 0 aliphatic carbocycles. The molecule has 2 heterocycles. The third-order valence-corrected chi connectivity index (χ3v) is 4.13. The van der Waals surface area contributed by atoms with Crippen LogP contribution in [0, 0.1) is 5.92 Å². The molecule has 1 aromatic rings. The Hall–Kier alpha value is -2.03. The van der Waals surface area contributed by atoms with Gasteiger partial charge in [0.1, 0.15) is 5.69 Å². The zero-order valence-electron chi connectivity index (χ0n) is 13.6. The summed E-state index contributed by atoms with van der Waals surface area (Å²) < 4.78 is 27.9. The molecule has 0 bridgehead atoms. The molecule has 0 spiro atoms. The number of carbonyl (C=O) groups is 2. The highest BCUT2D eigenvalue weighted by molar-refractivity contribution is 5.95. The summed E-state index contributed by atoms with van der Waals surface area (Å²) in [6, 6.07) is 0. The fraction of sp³-hybridized carbons (Fsp3) is 0.667. The summed E-state index contributed by atoms with van der Waals surface area (Å²) in [5.41, 5.74) is -2.47. The second-order valence-corrected chi connectivity index (χ2v) is 6.45. The topological polar surface area (TPSA) is 95.7 Å². The number of halogens is 2. The van der Waals surface area contributed by atoms with Crippen molar-refractivity contribution in [2.24, 2.45) is 5.92 Å². The Bertz CT molecular complexity index is 622. The number of hydrogen-bond donors (Lipinski definition) is 2. The van der Waals surface area contributed by atoms with Gasteiger partial charge < -0.3 is 15.1 Å². The first kappa shape index (κ1) is 18.3. The Morgan fingerprint density at radius 1 is 1.33 bits per heavy atom. The van der Waals surface area contributed by atoms with Crippen molar-refractivity contribution in [2.75, 3.05) is 13.1 Å². The number of hydrogen-bond acceptors (Lipinski definition) is 4. The van der Waals surface area contributed by atoms with E-state index >= 15 is 0 Å². The number of aromatic nitrogens is 2. The molecule has 134 valence electrons. The molecule has 2 rings (SSSR count). The number of nitrogens with zero attached hydrogens (tertiary/aromatic N) is 3. The van der Waals surface area contributed by atoms with Crippen molar-refractivity contribution < 1.29 is 28.6 Å². The van der Waals surface area contributed by atoms with Crippen LogP contribution in [0.2, 0.25) is 0 Å². The number of rotatable bonds is 5. The minimum atomic E-state index is -2.84. The number of carbonyl (C=O) groups excluding carboxylic acids is 1. The lowest BCUT2D eigenvalue weighted by atomic mass is 9.91. The molecule has 1 aliphatic heterocycles. The van der Waals surface area contributed by atoms with E-state index < -0.39 is 29.6 Å². The van der Waals surface area contributed by atoms with Crippen LogP contribution in [0.1, 0.15) is 49.2 Å². The number of likely N-dealkylation sites (tertiary alicyclic amines) is 1. The van der Waals surface area contributed by atoms with E-state index in [1.165, 1.54) is 4.90 Å². The van der Waals surface area contributed by atoms with Crippen molar-refractivity contribution in [3.8, 4) is 0 Å². The summed E-state index contributed by atoms with van der Waals surface area (Å²) >= 11 is 0. The maximum Gasteiger partial charge on any atom is 0.335 e. The van der Waals surface area contributed by atoms with Crippen molar-refractivity contribution in [1.29, 1.82) is 0 Å². The SMILES string of the molecule is CC(C)Cn1ncc(C(=O)N2CCC(O)(C(=O)O)CC2)c1C(F)F. The van der Waals surface area contributed by atoms with Crippen LogP contribution in [0.15, 0.2) is 6.20 Å². The van der Waals surface area contributed by atoms with Gasteiger partial charge in [-0.2, -0.15) is 5.10 Å². The van der Waals surface area contributed by atoms with Crippen molar-refractivity contribution in [3.05, 3.63) is 17.5 Å². The number of alkyl halides is 2. The summed E-state index contributed by atoms with van der Waals surface area (Å²) in [7, 11) is 0. The number of amides is 1. The molecule has 1 saturated heterocycles. The van der Waals surface area contributed by atoms with Gasteiger partial charge in [-0.25, -0.2) is 13.6 Å². The molecule has 2 N–H and O–H groups in total. The molecule has 0 radical (unpaired) electrons. The number of aliphatic carboxylic acids is 1. The molecule has 7 nitrogen and oxygen atoms in total. The van der Waals surface area contributed by atoms with Crippen molar-refractivity contribution in [2.45, 2.75) is 45.3 Å². The zero-order chi connectivity index (χ0) is 18.1. The van der Waals surface area contributed by atoms with E-state index in [9.17, 15) is 23.5 Å².